The van der Waals surface area contributed by atoms with Crippen molar-refractivity contribution in [1.29, 1.82) is 0 Å². The van der Waals surface area contributed by atoms with Crippen LogP contribution in [-0.4, -0.2) is 33.5 Å². The maximum absolute atomic E-state index is 12.9. The SMILES string of the molecule is COc1ccc(S(=O)(=O)Nc2cc(C(=O)NCc3cccnc3)ccc2C)cc1OC. The smallest absolute Gasteiger partial charge is 0.262 e. The Labute approximate surface area is 181 Å². The van der Waals surface area contributed by atoms with Crippen molar-refractivity contribution >= 4 is 21.6 Å². The number of nitrogens with zero attached hydrogens (tertiary/aromatic N) is 1. The highest BCUT2D eigenvalue weighted by molar-refractivity contribution is 7.92. The lowest BCUT2D eigenvalue weighted by Gasteiger charge is -2.14. The number of pyridine rings is 1. The summed E-state index contributed by atoms with van der Waals surface area (Å²) in [5.41, 5.74) is 2.17. The molecule has 0 atom stereocenters. The number of carbonyl (C=O) groups excluding carboxylic acids is 1. The molecule has 1 heterocycles. The molecule has 0 saturated heterocycles. The fourth-order valence-corrected chi connectivity index (χ4v) is 3.98. The molecule has 8 nitrogen and oxygen atoms in total. The molecule has 1 amide bonds. The molecule has 162 valence electrons. The first-order chi connectivity index (χ1) is 14.8. The number of ether oxygens (including phenoxy) is 2. The minimum Gasteiger partial charge on any atom is -0.493 e. The molecule has 0 aliphatic heterocycles. The van der Waals surface area contributed by atoms with Crippen LogP contribution in [0, 0.1) is 6.92 Å². The van der Waals surface area contributed by atoms with E-state index in [0.29, 0.717) is 34.9 Å². The number of methoxy groups -OCH3 is 2. The van der Waals surface area contributed by atoms with Gasteiger partial charge in [-0.3, -0.25) is 14.5 Å². The fourth-order valence-electron chi connectivity index (χ4n) is 2.85. The van der Waals surface area contributed by atoms with Gasteiger partial charge in [0.15, 0.2) is 11.5 Å². The molecule has 0 spiro atoms. The van der Waals surface area contributed by atoms with Gasteiger partial charge in [-0.25, -0.2) is 8.42 Å². The Morgan fingerprint density at radius 2 is 1.81 bits per heavy atom. The Morgan fingerprint density at radius 3 is 2.48 bits per heavy atom. The van der Waals surface area contributed by atoms with E-state index < -0.39 is 10.0 Å². The number of aryl methyl sites for hydroxylation is 1. The first kappa shape index (κ1) is 22.1. The minimum absolute atomic E-state index is 0.0102. The van der Waals surface area contributed by atoms with Gasteiger partial charge >= 0.3 is 0 Å². The van der Waals surface area contributed by atoms with Crippen LogP contribution in [0.1, 0.15) is 21.5 Å². The van der Waals surface area contributed by atoms with Crippen molar-refractivity contribution in [3.63, 3.8) is 0 Å². The van der Waals surface area contributed by atoms with Crippen LogP contribution >= 0.6 is 0 Å². The van der Waals surface area contributed by atoms with Crippen LogP contribution in [0.25, 0.3) is 0 Å². The number of aromatic nitrogens is 1. The Balaban J connectivity index is 1.80. The van der Waals surface area contributed by atoms with Gasteiger partial charge in [-0.1, -0.05) is 12.1 Å². The average molecular weight is 442 g/mol. The highest BCUT2D eigenvalue weighted by Crippen LogP contribution is 2.30. The van der Waals surface area contributed by atoms with Gasteiger partial charge in [0, 0.05) is 30.6 Å². The zero-order chi connectivity index (χ0) is 22.4. The van der Waals surface area contributed by atoms with Crippen LogP contribution in [0.5, 0.6) is 11.5 Å². The summed E-state index contributed by atoms with van der Waals surface area (Å²) in [5.74, 6) is 0.394. The summed E-state index contributed by atoms with van der Waals surface area (Å²) in [4.78, 5) is 16.6. The first-order valence-corrected chi connectivity index (χ1v) is 10.8. The number of amides is 1. The van der Waals surface area contributed by atoms with Crippen LogP contribution < -0.4 is 19.5 Å². The molecule has 2 aromatic carbocycles. The number of carbonyl (C=O) groups is 1. The number of sulfonamides is 1. The molecule has 0 aliphatic carbocycles. The Hall–Kier alpha value is -3.59. The lowest BCUT2D eigenvalue weighted by molar-refractivity contribution is 0.0951. The Kier molecular flexibility index (Phi) is 6.76. The summed E-state index contributed by atoms with van der Waals surface area (Å²) < 4.78 is 38.7. The van der Waals surface area contributed by atoms with Crippen molar-refractivity contribution in [2.24, 2.45) is 0 Å². The maximum atomic E-state index is 12.9. The van der Waals surface area contributed by atoms with E-state index >= 15 is 0 Å². The molecule has 9 heteroatoms. The molecule has 0 unspecified atom stereocenters. The van der Waals surface area contributed by atoms with Gasteiger partial charge in [-0.15, -0.1) is 0 Å². The summed E-state index contributed by atoms with van der Waals surface area (Å²) in [6.45, 7) is 2.07. The summed E-state index contributed by atoms with van der Waals surface area (Å²) in [6, 6.07) is 12.8. The molecule has 31 heavy (non-hydrogen) atoms. The second-order valence-electron chi connectivity index (χ2n) is 6.70. The first-order valence-electron chi connectivity index (χ1n) is 9.36. The molecule has 1 aromatic heterocycles. The zero-order valence-electron chi connectivity index (χ0n) is 17.4. The van der Waals surface area contributed by atoms with E-state index in [0.717, 1.165) is 5.56 Å². The molecule has 0 aliphatic rings. The summed E-state index contributed by atoms with van der Waals surface area (Å²) in [7, 11) is -1.02. The molecule has 3 rings (SSSR count). The minimum atomic E-state index is -3.92. The Bertz CT molecular complexity index is 1180. The van der Waals surface area contributed by atoms with Crippen molar-refractivity contribution in [3.8, 4) is 11.5 Å². The van der Waals surface area contributed by atoms with Gasteiger partial charge in [0.2, 0.25) is 0 Å². The highest BCUT2D eigenvalue weighted by atomic mass is 32.2. The number of anilines is 1. The normalized spacial score (nSPS) is 10.9. The largest absolute Gasteiger partial charge is 0.493 e. The summed E-state index contributed by atoms with van der Waals surface area (Å²) >= 11 is 0. The molecule has 2 N–H and O–H groups in total. The molecule has 3 aromatic rings. The predicted octanol–water partition coefficient (Wildman–Crippen LogP) is 3.14. The quantitative estimate of drug-likeness (QED) is 0.556. The third-order valence-electron chi connectivity index (χ3n) is 4.59. The topological polar surface area (TPSA) is 107 Å². The number of rotatable bonds is 8. The second-order valence-corrected chi connectivity index (χ2v) is 8.38. The number of hydrogen-bond acceptors (Lipinski definition) is 6. The van der Waals surface area contributed by atoms with Crippen LogP contribution in [0.15, 0.2) is 65.8 Å². The van der Waals surface area contributed by atoms with E-state index in [-0.39, 0.29) is 10.8 Å². The number of benzene rings is 2. The van der Waals surface area contributed by atoms with E-state index in [1.807, 2.05) is 6.07 Å². The van der Waals surface area contributed by atoms with E-state index in [1.165, 1.54) is 38.5 Å². The average Bonchev–Trinajstić information content (AvgIpc) is 2.78. The van der Waals surface area contributed by atoms with Gasteiger partial charge in [0.1, 0.15) is 0 Å². The molecule has 0 radical (unpaired) electrons. The third kappa shape index (κ3) is 5.32. The monoisotopic (exact) mass is 441 g/mol. The number of nitrogens with one attached hydrogen (secondary N) is 2. The lowest BCUT2D eigenvalue weighted by Crippen LogP contribution is -2.23. The van der Waals surface area contributed by atoms with Gasteiger partial charge in [0.05, 0.1) is 24.8 Å². The van der Waals surface area contributed by atoms with Crippen LogP contribution in [0.2, 0.25) is 0 Å². The Morgan fingerprint density at radius 1 is 1.03 bits per heavy atom. The van der Waals surface area contributed by atoms with Crippen molar-refractivity contribution in [2.45, 2.75) is 18.4 Å². The van der Waals surface area contributed by atoms with E-state index in [1.54, 1.807) is 37.5 Å². The van der Waals surface area contributed by atoms with Crippen LogP contribution in [-0.2, 0) is 16.6 Å². The molecular weight excluding hydrogens is 418 g/mol. The van der Waals surface area contributed by atoms with E-state index in [9.17, 15) is 13.2 Å². The standard InChI is InChI=1S/C22H23N3O5S/c1-15-6-7-17(22(26)24-14-16-5-4-10-23-13-16)11-19(15)25-31(27,28)18-8-9-20(29-2)21(12-18)30-3/h4-13,25H,14H2,1-3H3,(H,24,26). The lowest BCUT2D eigenvalue weighted by atomic mass is 10.1. The molecule has 0 fully saturated rings. The predicted molar refractivity (Wildman–Crippen MR) is 117 cm³/mol. The number of hydrogen-bond donors (Lipinski definition) is 2. The summed E-state index contributed by atoms with van der Waals surface area (Å²) in [5, 5.41) is 2.80. The van der Waals surface area contributed by atoms with E-state index in [2.05, 4.69) is 15.0 Å². The molecule has 0 saturated carbocycles. The van der Waals surface area contributed by atoms with Crippen molar-refractivity contribution in [3.05, 3.63) is 77.6 Å². The van der Waals surface area contributed by atoms with Crippen molar-refractivity contribution in [2.75, 3.05) is 18.9 Å². The maximum Gasteiger partial charge on any atom is 0.262 e. The van der Waals surface area contributed by atoms with Crippen LogP contribution in [0.4, 0.5) is 5.69 Å². The third-order valence-corrected chi connectivity index (χ3v) is 5.95. The second kappa shape index (κ2) is 9.48. The molecular formula is C22H23N3O5S. The highest BCUT2D eigenvalue weighted by Gasteiger charge is 2.19. The van der Waals surface area contributed by atoms with Crippen molar-refractivity contribution < 1.29 is 22.7 Å². The fraction of sp³-hybridized carbons (Fsp3) is 0.182. The van der Waals surface area contributed by atoms with Gasteiger partial charge < -0.3 is 14.8 Å². The van der Waals surface area contributed by atoms with Gasteiger partial charge in [-0.2, -0.15) is 0 Å². The van der Waals surface area contributed by atoms with Gasteiger partial charge in [-0.05, 0) is 48.4 Å². The zero-order valence-corrected chi connectivity index (χ0v) is 18.2. The van der Waals surface area contributed by atoms with Crippen molar-refractivity contribution in [1.82, 2.24) is 10.3 Å². The molecule has 0 bridgehead atoms. The summed E-state index contributed by atoms with van der Waals surface area (Å²) in [6.07, 6.45) is 3.32. The van der Waals surface area contributed by atoms with E-state index in [4.69, 9.17) is 9.47 Å². The van der Waals surface area contributed by atoms with Crippen LogP contribution in [0.3, 0.4) is 0 Å². The van der Waals surface area contributed by atoms with Gasteiger partial charge in [0.25, 0.3) is 15.9 Å².